The minimum atomic E-state index is -1.80. The Labute approximate surface area is 154 Å². The van der Waals surface area contributed by atoms with Crippen LogP contribution in [0.1, 0.15) is 6.42 Å². The zero-order chi connectivity index (χ0) is 16.0. The lowest BCUT2D eigenvalue weighted by molar-refractivity contribution is -0.107. The summed E-state index contributed by atoms with van der Waals surface area (Å²) in [5.41, 5.74) is 0. The zero-order valence-electron chi connectivity index (χ0n) is 13.4. The maximum absolute atomic E-state index is 11.2. The fraction of sp³-hybridized carbons (Fsp3) is 0.0952. The van der Waals surface area contributed by atoms with Gasteiger partial charge in [-0.25, -0.2) is 0 Å². The van der Waals surface area contributed by atoms with E-state index in [0.29, 0.717) is 6.42 Å². The van der Waals surface area contributed by atoms with Gasteiger partial charge in [-0.2, -0.15) is 0 Å². The standard InChI is InChI=1S/C21H20OP.BrH/c22-17-10-18-23(19-11-4-1-5-12-19,20-13-6-2-7-14-20)21-15-8-3-9-16-21;/h1-9,11-17H,10,18H2;1H/q+1;/p-1. The lowest BCUT2D eigenvalue weighted by Gasteiger charge is -2.27. The van der Waals surface area contributed by atoms with Crippen LogP contribution in [0.4, 0.5) is 0 Å². The van der Waals surface area contributed by atoms with Crippen LogP contribution in [0.15, 0.2) is 91.0 Å². The lowest BCUT2D eigenvalue weighted by Crippen LogP contribution is -3.00. The van der Waals surface area contributed by atoms with E-state index in [1.54, 1.807) is 0 Å². The zero-order valence-corrected chi connectivity index (χ0v) is 15.9. The topological polar surface area (TPSA) is 17.1 Å². The van der Waals surface area contributed by atoms with Gasteiger partial charge in [-0.05, 0) is 36.4 Å². The summed E-state index contributed by atoms with van der Waals surface area (Å²) in [6.07, 6.45) is 2.49. The van der Waals surface area contributed by atoms with Gasteiger partial charge in [-0.3, -0.25) is 0 Å². The normalized spacial score (nSPS) is 10.7. The number of halogens is 1. The highest BCUT2D eigenvalue weighted by atomic mass is 79.9. The molecule has 24 heavy (non-hydrogen) atoms. The minimum Gasteiger partial charge on any atom is -1.00 e. The Kier molecular flexibility index (Phi) is 6.90. The van der Waals surface area contributed by atoms with Crippen molar-refractivity contribution < 1.29 is 21.8 Å². The molecule has 122 valence electrons. The van der Waals surface area contributed by atoms with Gasteiger partial charge in [0.2, 0.25) is 0 Å². The molecular weight excluding hydrogens is 379 g/mol. The van der Waals surface area contributed by atoms with Crippen molar-refractivity contribution in [1.29, 1.82) is 0 Å². The van der Waals surface area contributed by atoms with E-state index in [4.69, 9.17) is 0 Å². The number of rotatable bonds is 6. The molecule has 3 aromatic carbocycles. The summed E-state index contributed by atoms with van der Waals surface area (Å²) in [4.78, 5) is 11.2. The van der Waals surface area contributed by atoms with E-state index in [1.807, 2.05) is 18.2 Å². The van der Waals surface area contributed by atoms with Crippen molar-refractivity contribution in [3.8, 4) is 0 Å². The Bertz CT molecular complexity index is 648. The van der Waals surface area contributed by atoms with Crippen molar-refractivity contribution in [2.45, 2.75) is 6.42 Å². The van der Waals surface area contributed by atoms with Crippen LogP contribution in [-0.2, 0) is 4.79 Å². The maximum atomic E-state index is 11.2. The molecule has 0 aromatic heterocycles. The highest BCUT2D eigenvalue weighted by Gasteiger charge is 2.44. The van der Waals surface area contributed by atoms with Crippen LogP contribution in [0, 0.1) is 0 Å². The largest absolute Gasteiger partial charge is 1.00 e. The molecular formula is C21H20BrOP. The van der Waals surface area contributed by atoms with Gasteiger partial charge in [0, 0.05) is 6.42 Å². The highest BCUT2D eigenvalue weighted by Crippen LogP contribution is 2.55. The first kappa shape index (κ1) is 18.6. The molecule has 0 fully saturated rings. The van der Waals surface area contributed by atoms with E-state index in [-0.39, 0.29) is 17.0 Å². The quantitative estimate of drug-likeness (QED) is 0.438. The molecule has 0 N–H and O–H groups in total. The average Bonchev–Trinajstić information content (AvgIpc) is 2.65. The molecule has 0 saturated heterocycles. The number of hydrogen-bond donors (Lipinski definition) is 0. The van der Waals surface area contributed by atoms with E-state index in [1.165, 1.54) is 15.9 Å². The predicted molar refractivity (Wildman–Crippen MR) is 101 cm³/mol. The SMILES string of the molecule is O=CCC[P+](c1ccccc1)(c1ccccc1)c1ccccc1.[Br-]. The first-order valence-corrected chi connectivity index (χ1v) is 9.84. The maximum Gasteiger partial charge on any atom is 0.123 e. The summed E-state index contributed by atoms with van der Waals surface area (Å²) in [6, 6.07) is 32.0. The summed E-state index contributed by atoms with van der Waals surface area (Å²) in [7, 11) is -1.80. The number of carbonyl (C=O) groups excluding carboxylic acids is 1. The molecule has 0 aliphatic rings. The van der Waals surface area contributed by atoms with Crippen molar-refractivity contribution in [2.75, 3.05) is 6.16 Å². The van der Waals surface area contributed by atoms with Gasteiger partial charge in [0.05, 0.1) is 6.16 Å². The van der Waals surface area contributed by atoms with Crippen molar-refractivity contribution in [2.24, 2.45) is 0 Å². The Morgan fingerprint density at radius 3 is 1.25 bits per heavy atom. The van der Waals surface area contributed by atoms with Gasteiger partial charge in [0.15, 0.2) is 0 Å². The third-order valence-corrected chi connectivity index (χ3v) is 8.64. The Morgan fingerprint density at radius 1 is 0.625 bits per heavy atom. The Morgan fingerprint density at radius 2 is 0.958 bits per heavy atom. The molecule has 0 aliphatic heterocycles. The molecule has 3 heteroatoms. The number of benzene rings is 3. The van der Waals surface area contributed by atoms with Crippen molar-refractivity contribution >= 4 is 29.5 Å². The fourth-order valence-corrected chi connectivity index (χ4v) is 7.33. The molecule has 0 spiro atoms. The number of aldehydes is 1. The summed E-state index contributed by atoms with van der Waals surface area (Å²) >= 11 is 0. The van der Waals surface area contributed by atoms with Crippen LogP contribution in [0.5, 0.6) is 0 Å². The summed E-state index contributed by atoms with van der Waals surface area (Å²) in [6.45, 7) is 0. The van der Waals surface area contributed by atoms with Gasteiger partial charge in [-0.15, -0.1) is 0 Å². The third kappa shape index (κ3) is 3.66. The summed E-state index contributed by atoms with van der Waals surface area (Å²) in [5, 5.41) is 4.00. The van der Waals surface area contributed by atoms with Gasteiger partial charge in [0.1, 0.15) is 29.5 Å². The van der Waals surface area contributed by atoms with Crippen molar-refractivity contribution in [1.82, 2.24) is 0 Å². The predicted octanol–water partition coefficient (Wildman–Crippen LogP) is 0.573. The molecule has 0 heterocycles. The molecule has 0 aliphatic carbocycles. The third-order valence-electron chi connectivity index (χ3n) is 4.17. The van der Waals surface area contributed by atoms with E-state index >= 15 is 0 Å². The number of carbonyl (C=O) groups is 1. The molecule has 1 nitrogen and oxygen atoms in total. The lowest BCUT2D eigenvalue weighted by atomic mass is 10.4. The molecule has 0 radical (unpaired) electrons. The second-order valence-electron chi connectivity index (χ2n) is 5.50. The molecule has 0 amide bonds. The molecule has 3 aromatic rings. The van der Waals surface area contributed by atoms with E-state index in [9.17, 15) is 4.79 Å². The van der Waals surface area contributed by atoms with E-state index in [0.717, 1.165) is 12.4 Å². The van der Waals surface area contributed by atoms with Gasteiger partial charge in [0.25, 0.3) is 0 Å². The molecule has 3 rings (SSSR count). The summed E-state index contributed by atoms with van der Waals surface area (Å²) in [5.74, 6) is 0. The number of hydrogen-bond acceptors (Lipinski definition) is 1. The average molecular weight is 399 g/mol. The first-order valence-electron chi connectivity index (χ1n) is 7.86. The first-order chi connectivity index (χ1) is 11.4. The van der Waals surface area contributed by atoms with Gasteiger partial charge in [-0.1, -0.05) is 54.6 Å². The monoisotopic (exact) mass is 398 g/mol. The Balaban J connectivity index is 0.00000208. The van der Waals surface area contributed by atoms with Crippen LogP contribution in [0.2, 0.25) is 0 Å². The van der Waals surface area contributed by atoms with Crippen molar-refractivity contribution in [3.63, 3.8) is 0 Å². The van der Waals surface area contributed by atoms with Crippen LogP contribution in [0.25, 0.3) is 0 Å². The van der Waals surface area contributed by atoms with Crippen LogP contribution < -0.4 is 32.9 Å². The second kappa shape index (κ2) is 8.92. The Hall–Kier alpha value is -1.76. The highest BCUT2D eigenvalue weighted by molar-refractivity contribution is 7.95. The fourth-order valence-electron chi connectivity index (χ4n) is 3.13. The van der Waals surface area contributed by atoms with Gasteiger partial charge < -0.3 is 21.8 Å². The summed E-state index contributed by atoms with van der Waals surface area (Å²) < 4.78 is 0. The van der Waals surface area contributed by atoms with Crippen LogP contribution in [-0.4, -0.2) is 12.4 Å². The van der Waals surface area contributed by atoms with Gasteiger partial charge >= 0.3 is 0 Å². The second-order valence-corrected chi connectivity index (χ2v) is 9.11. The molecule has 0 unspecified atom stereocenters. The molecule has 0 atom stereocenters. The van der Waals surface area contributed by atoms with E-state index < -0.39 is 7.26 Å². The van der Waals surface area contributed by atoms with Crippen molar-refractivity contribution in [3.05, 3.63) is 91.0 Å². The van der Waals surface area contributed by atoms with Crippen LogP contribution in [0.3, 0.4) is 0 Å². The molecule has 0 saturated carbocycles. The van der Waals surface area contributed by atoms with Crippen LogP contribution >= 0.6 is 7.26 Å². The minimum absolute atomic E-state index is 0. The molecule has 0 bridgehead atoms. The smallest absolute Gasteiger partial charge is 0.123 e. The van der Waals surface area contributed by atoms with E-state index in [2.05, 4.69) is 72.8 Å².